The number of fused-ring (bicyclic) bond motifs is 1. The molecule has 1 fully saturated rings. The standard InChI is InChI=1S/C24H22N4O3/c29-24(28-12-7-18(8-13-28)17-5-10-25-11-6-17)23-15-21(31-27-23)16-30-20-3-4-22-19(14-20)2-1-9-26-22/h1-6,9-11,14-15,18H,7-8,12-13,16H2. The molecular weight excluding hydrogens is 392 g/mol. The maximum atomic E-state index is 12.8. The molecule has 3 aromatic heterocycles. The van der Waals surface area contributed by atoms with E-state index in [0.29, 0.717) is 36.2 Å². The van der Waals surface area contributed by atoms with Crippen LogP contribution in [-0.4, -0.2) is 39.0 Å². The molecule has 0 bridgehead atoms. The number of aromatic nitrogens is 3. The Morgan fingerprint density at radius 2 is 1.90 bits per heavy atom. The van der Waals surface area contributed by atoms with E-state index in [1.54, 1.807) is 12.3 Å². The van der Waals surface area contributed by atoms with Crippen molar-refractivity contribution >= 4 is 16.8 Å². The van der Waals surface area contributed by atoms with Crippen molar-refractivity contribution in [3.05, 3.63) is 84.1 Å². The number of carbonyl (C=O) groups is 1. The Kier molecular flexibility index (Phi) is 5.31. The Bertz CT molecular complexity index is 1180. The molecule has 0 atom stereocenters. The van der Waals surface area contributed by atoms with Crippen LogP contribution in [-0.2, 0) is 6.61 Å². The first-order valence-electron chi connectivity index (χ1n) is 10.4. The molecule has 1 aliphatic rings. The van der Waals surface area contributed by atoms with E-state index in [-0.39, 0.29) is 12.5 Å². The molecule has 156 valence electrons. The predicted molar refractivity (Wildman–Crippen MR) is 115 cm³/mol. The minimum atomic E-state index is -0.0973. The van der Waals surface area contributed by atoms with Crippen molar-refractivity contribution < 1.29 is 14.1 Å². The van der Waals surface area contributed by atoms with Crippen LogP contribution in [0.2, 0.25) is 0 Å². The topological polar surface area (TPSA) is 81.3 Å². The number of hydrogen-bond acceptors (Lipinski definition) is 6. The van der Waals surface area contributed by atoms with Crippen LogP contribution in [0.15, 0.2) is 71.6 Å². The maximum Gasteiger partial charge on any atom is 0.276 e. The van der Waals surface area contributed by atoms with Crippen molar-refractivity contribution in [2.24, 2.45) is 0 Å². The summed E-state index contributed by atoms with van der Waals surface area (Å²) in [5.41, 5.74) is 2.52. The highest BCUT2D eigenvalue weighted by Crippen LogP contribution is 2.28. The quantitative estimate of drug-likeness (QED) is 0.486. The Hall–Kier alpha value is -3.74. The Labute approximate surface area is 179 Å². The van der Waals surface area contributed by atoms with Gasteiger partial charge in [0, 0.05) is 43.1 Å². The van der Waals surface area contributed by atoms with Gasteiger partial charge in [-0.3, -0.25) is 14.8 Å². The largest absolute Gasteiger partial charge is 0.486 e. The maximum absolute atomic E-state index is 12.8. The number of rotatable bonds is 5. The summed E-state index contributed by atoms with van der Waals surface area (Å²) in [6.45, 7) is 1.61. The van der Waals surface area contributed by atoms with Crippen LogP contribution in [0.5, 0.6) is 5.75 Å². The first kappa shape index (κ1) is 19.2. The second kappa shape index (κ2) is 8.55. The lowest BCUT2D eigenvalue weighted by atomic mass is 9.90. The molecule has 1 aliphatic heterocycles. The average molecular weight is 414 g/mol. The van der Waals surface area contributed by atoms with Crippen LogP contribution in [0.25, 0.3) is 10.9 Å². The molecule has 7 nitrogen and oxygen atoms in total. The summed E-state index contributed by atoms with van der Waals surface area (Å²) in [6.07, 6.45) is 7.26. The molecule has 0 aliphatic carbocycles. The van der Waals surface area contributed by atoms with E-state index in [2.05, 4.69) is 27.3 Å². The van der Waals surface area contributed by atoms with E-state index >= 15 is 0 Å². The summed E-state index contributed by atoms with van der Waals surface area (Å²) in [7, 11) is 0. The van der Waals surface area contributed by atoms with Gasteiger partial charge in [-0.25, -0.2) is 0 Å². The highest BCUT2D eigenvalue weighted by atomic mass is 16.5. The highest BCUT2D eigenvalue weighted by Gasteiger charge is 2.26. The van der Waals surface area contributed by atoms with E-state index in [4.69, 9.17) is 9.26 Å². The van der Waals surface area contributed by atoms with Gasteiger partial charge in [-0.05, 0) is 60.7 Å². The Balaban J connectivity index is 1.18. The van der Waals surface area contributed by atoms with Gasteiger partial charge < -0.3 is 14.2 Å². The van der Waals surface area contributed by atoms with Gasteiger partial charge in [-0.15, -0.1) is 0 Å². The van der Waals surface area contributed by atoms with Gasteiger partial charge in [-0.2, -0.15) is 0 Å². The number of nitrogens with zero attached hydrogens (tertiary/aromatic N) is 4. The minimum absolute atomic E-state index is 0.0973. The number of ether oxygens (including phenoxy) is 1. The van der Waals surface area contributed by atoms with Crippen molar-refractivity contribution in [2.45, 2.75) is 25.4 Å². The normalized spacial score (nSPS) is 14.6. The predicted octanol–water partition coefficient (Wildman–Crippen LogP) is 4.22. The van der Waals surface area contributed by atoms with Gasteiger partial charge >= 0.3 is 0 Å². The molecule has 0 radical (unpaired) electrons. The summed E-state index contributed by atoms with van der Waals surface area (Å²) >= 11 is 0. The molecule has 0 saturated carbocycles. The van der Waals surface area contributed by atoms with E-state index in [1.165, 1.54) is 5.56 Å². The number of carbonyl (C=O) groups excluding carboxylic acids is 1. The van der Waals surface area contributed by atoms with Crippen molar-refractivity contribution in [1.82, 2.24) is 20.0 Å². The Morgan fingerprint density at radius 1 is 1.06 bits per heavy atom. The van der Waals surface area contributed by atoms with Crippen molar-refractivity contribution in [3.63, 3.8) is 0 Å². The van der Waals surface area contributed by atoms with Crippen LogP contribution in [0.4, 0.5) is 0 Å². The zero-order valence-corrected chi connectivity index (χ0v) is 17.0. The molecule has 0 spiro atoms. The average Bonchev–Trinajstić information content (AvgIpc) is 3.32. The molecule has 5 rings (SSSR count). The number of piperidine rings is 1. The van der Waals surface area contributed by atoms with Gasteiger partial charge in [0.05, 0.1) is 5.52 Å². The number of likely N-dealkylation sites (tertiary alicyclic amines) is 1. The van der Waals surface area contributed by atoms with Gasteiger partial charge in [0.15, 0.2) is 11.5 Å². The summed E-state index contributed by atoms with van der Waals surface area (Å²) < 4.78 is 11.1. The molecular formula is C24H22N4O3. The second-order valence-electron chi connectivity index (χ2n) is 7.67. The van der Waals surface area contributed by atoms with E-state index in [1.807, 2.05) is 47.6 Å². The first-order valence-corrected chi connectivity index (χ1v) is 10.4. The smallest absolute Gasteiger partial charge is 0.276 e. The molecule has 1 amide bonds. The number of benzene rings is 1. The van der Waals surface area contributed by atoms with Crippen LogP contribution in [0, 0.1) is 0 Å². The summed E-state index contributed by atoms with van der Waals surface area (Å²) in [5, 5.41) is 4.97. The lowest BCUT2D eigenvalue weighted by Crippen LogP contribution is -2.38. The van der Waals surface area contributed by atoms with E-state index in [0.717, 1.165) is 23.7 Å². The minimum Gasteiger partial charge on any atom is -0.486 e. The van der Waals surface area contributed by atoms with E-state index < -0.39 is 0 Å². The monoisotopic (exact) mass is 414 g/mol. The van der Waals surface area contributed by atoms with Crippen LogP contribution >= 0.6 is 0 Å². The molecule has 0 unspecified atom stereocenters. The van der Waals surface area contributed by atoms with E-state index in [9.17, 15) is 4.79 Å². The molecule has 1 aromatic carbocycles. The zero-order valence-electron chi connectivity index (χ0n) is 17.0. The second-order valence-corrected chi connectivity index (χ2v) is 7.67. The van der Waals surface area contributed by atoms with Gasteiger partial charge in [0.2, 0.25) is 0 Å². The third-order valence-corrected chi connectivity index (χ3v) is 5.69. The molecule has 4 aromatic rings. The SMILES string of the molecule is O=C(c1cc(COc2ccc3ncccc3c2)on1)N1CCC(c2ccncc2)CC1. The fourth-order valence-corrected chi connectivity index (χ4v) is 3.99. The van der Waals surface area contributed by atoms with Crippen LogP contribution < -0.4 is 4.74 Å². The molecule has 7 heteroatoms. The molecule has 1 saturated heterocycles. The van der Waals surface area contributed by atoms with Gasteiger partial charge in [-0.1, -0.05) is 11.2 Å². The number of amides is 1. The fourth-order valence-electron chi connectivity index (χ4n) is 3.99. The van der Waals surface area contributed by atoms with Crippen molar-refractivity contribution in [2.75, 3.05) is 13.1 Å². The van der Waals surface area contributed by atoms with Crippen LogP contribution in [0.3, 0.4) is 0 Å². The Morgan fingerprint density at radius 3 is 2.74 bits per heavy atom. The fraction of sp³-hybridized carbons (Fsp3) is 0.250. The summed E-state index contributed by atoms with van der Waals surface area (Å²) in [4.78, 5) is 23.0. The number of pyridine rings is 2. The van der Waals surface area contributed by atoms with Gasteiger partial charge in [0.25, 0.3) is 5.91 Å². The van der Waals surface area contributed by atoms with Crippen molar-refractivity contribution in [1.29, 1.82) is 0 Å². The van der Waals surface area contributed by atoms with Gasteiger partial charge in [0.1, 0.15) is 12.4 Å². The number of hydrogen-bond donors (Lipinski definition) is 0. The summed E-state index contributed by atoms with van der Waals surface area (Å²) in [6, 6.07) is 15.4. The molecule has 4 heterocycles. The summed E-state index contributed by atoms with van der Waals surface area (Å²) in [5.74, 6) is 1.59. The lowest BCUT2D eigenvalue weighted by molar-refractivity contribution is 0.0702. The third-order valence-electron chi connectivity index (χ3n) is 5.69. The highest BCUT2D eigenvalue weighted by molar-refractivity contribution is 5.92. The lowest BCUT2D eigenvalue weighted by Gasteiger charge is -2.31. The first-order chi connectivity index (χ1) is 15.3. The zero-order chi connectivity index (χ0) is 21.0. The van der Waals surface area contributed by atoms with Crippen LogP contribution in [0.1, 0.15) is 40.6 Å². The third kappa shape index (κ3) is 4.26. The molecule has 0 N–H and O–H groups in total. The van der Waals surface area contributed by atoms with Crippen molar-refractivity contribution in [3.8, 4) is 5.75 Å². The molecule has 31 heavy (non-hydrogen) atoms.